The number of methoxy groups -OCH3 is 1. The van der Waals surface area contributed by atoms with Crippen LogP contribution in [0.2, 0.25) is 0 Å². The number of ether oxygens (including phenoxy) is 3. The quantitative estimate of drug-likeness (QED) is 0.256. The Bertz CT molecular complexity index is 1120. The van der Waals surface area contributed by atoms with Gasteiger partial charge in [-0.1, -0.05) is 30.3 Å². The Labute approximate surface area is 195 Å². The summed E-state index contributed by atoms with van der Waals surface area (Å²) < 4.78 is 21.2. The number of furan rings is 1. The molecule has 0 aliphatic rings. The standard InChI is InChI=1S/C24H25NO7S/c1-3-30-24(28)22-18(16-8-4-6-10-19(16)32-22)14-31-23(27)17-9-5-7-11-20(17)33-15-21(26)25-12-13-29-2/h4-11H,3,12-15H2,1-2H3,(H,25,26). The van der Waals surface area contributed by atoms with Gasteiger partial charge in [0.1, 0.15) is 12.2 Å². The summed E-state index contributed by atoms with van der Waals surface area (Å²) >= 11 is 1.24. The molecule has 1 aromatic heterocycles. The van der Waals surface area contributed by atoms with Gasteiger partial charge in [-0.05, 0) is 25.1 Å². The molecule has 0 aliphatic carbocycles. The summed E-state index contributed by atoms with van der Waals surface area (Å²) in [6, 6.07) is 14.0. The molecule has 0 saturated carbocycles. The predicted octanol–water partition coefficient (Wildman–Crippen LogP) is 3.82. The van der Waals surface area contributed by atoms with E-state index in [1.807, 2.05) is 6.07 Å². The molecule has 0 fully saturated rings. The number of carbonyl (C=O) groups is 3. The molecule has 0 aliphatic heterocycles. The summed E-state index contributed by atoms with van der Waals surface area (Å²) in [5.41, 5.74) is 1.28. The van der Waals surface area contributed by atoms with Crippen molar-refractivity contribution in [3.8, 4) is 0 Å². The first-order chi connectivity index (χ1) is 16.0. The van der Waals surface area contributed by atoms with Crippen LogP contribution in [0.4, 0.5) is 0 Å². The van der Waals surface area contributed by atoms with Crippen LogP contribution in [0, 0.1) is 0 Å². The van der Waals surface area contributed by atoms with E-state index in [4.69, 9.17) is 18.6 Å². The highest BCUT2D eigenvalue weighted by Crippen LogP contribution is 2.28. The predicted molar refractivity (Wildman–Crippen MR) is 123 cm³/mol. The molecule has 0 atom stereocenters. The van der Waals surface area contributed by atoms with Gasteiger partial charge < -0.3 is 23.9 Å². The number of hydrogen-bond acceptors (Lipinski definition) is 8. The normalized spacial score (nSPS) is 10.7. The van der Waals surface area contributed by atoms with Crippen molar-refractivity contribution in [3.63, 3.8) is 0 Å². The molecule has 1 N–H and O–H groups in total. The van der Waals surface area contributed by atoms with Crippen molar-refractivity contribution < 1.29 is 33.0 Å². The Morgan fingerprint density at radius 2 is 1.76 bits per heavy atom. The van der Waals surface area contributed by atoms with Crippen molar-refractivity contribution in [2.75, 3.05) is 32.6 Å². The summed E-state index contributed by atoms with van der Waals surface area (Å²) in [6.45, 7) is 2.57. The molecular formula is C24H25NO7S. The van der Waals surface area contributed by atoms with E-state index in [0.29, 0.717) is 40.1 Å². The molecule has 0 spiro atoms. The Morgan fingerprint density at radius 3 is 2.55 bits per heavy atom. The fraction of sp³-hybridized carbons (Fsp3) is 0.292. The van der Waals surface area contributed by atoms with Crippen LogP contribution >= 0.6 is 11.8 Å². The Morgan fingerprint density at radius 1 is 1.00 bits per heavy atom. The number of para-hydroxylation sites is 1. The average molecular weight is 472 g/mol. The van der Waals surface area contributed by atoms with Crippen molar-refractivity contribution in [1.82, 2.24) is 5.32 Å². The molecule has 174 valence electrons. The maximum absolute atomic E-state index is 12.9. The van der Waals surface area contributed by atoms with Gasteiger partial charge in [0.05, 0.1) is 30.1 Å². The third-order valence-electron chi connectivity index (χ3n) is 4.60. The van der Waals surface area contributed by atoms with Crippen molar-refractivity contribution in [3.05, 3.63) is 65.4 Å². The molecule has 3 aromatic rings. The van der Waals surface area contributed by atoms with Gasteiger partial charge in [-0.25, -0.2) is 9.59 Å². The number of carbonyl (C=O) groups excluding carboxylic acids is 3. The maximum Gasteiger partial charge on any atom is 0.374 e. The van der Waals surface area contributed by atoms with Crippen LogP contribution in [-0.4, -0.2) is 50.5 Å². The second-order valence-electron chi connectivity index (χ2n) is 6.83. The van der Waals surface area contributed by atoms with Gasteiger partial charge in [0.15, 0.2) is 0 Å². The summed E-state index contributed by atoms with van der Waals surface area (Å²) in [5.74, 6) is -1.19. The van der Waals surface area contributed by atoms with E-state index in [0.717, 1.165) is 0 Å². The summed E-state index contributed by atoms with van der Waals surface area (Å²) in [7, 11) is 1.56. The SMILES string of the molecule is CCOC(=O)c1oc2ccccc2c1COC(=O)c1ccccc1SCC(=O)NCCOC. The lowest BCUT2D eigenvalue weighted by Gasteiger charge is -2.10. The minimum atomic E-state index is -0.616. The number of benzene rings is 2. The van der Waals surface area contributed by atoms with Gasteiger partial charge in [-0.3, -0.25) is 4.79 Å². The highest BCUT2D eigenvalue weighted by Gasteiger charge is 2.23. The summed E-state index contributed by atoms with van der Waals surface area (Å²) in [5, 5.41) is 3.41. The fourth-order valence-electron chi connectivity index (χ4n) is 3.07. The first-order valence-electron chi connectivity index (χ1n) is 10.4. The lowest BCUT2D eigenvalue weighted by atomic mass is 10.1. The number of hydrogen-bond donors (Lipinski definition) is 1. The number of rotatable bonds is 11. The van der Waals surface area contributed by atoms with E-state index in [-0.39, 0.29) is 30.6 Å². The molecule has 3 rings (SSSR count). The Kier molecular flexibility index (Phi) is 8.91. The Balaban J connectivity index is 1.72. The van der Waals surface area contributed by atoms with Crippen LogP contribution in [0.1, 0.15) is 33.4 Å². The zero-order chi connectivity index (χ0) is 23.6. The van der Waals surface area contributed by atoms with Crippen LogP contribution < -0.4 is 5.32 Å². The molecule has 1 amide bonds. The van der Waals surface area contributed by atoms with Crippen LogP contribution in [-0.2, 0) is 25.6 Å². The summed E-state index contributed by atoms with van der Waals surface area (Å²) in [6.07, 6.45) is 0. The van der Waals surface area contributed by atoms with Crippen molar-refractivity contribution >= 4 is 40.6 Å². The minimum absolute atomic E-state index is 0.0150. The zero-order valence-electron chi connectivity index (χ0n) is 18.4. The van der Waals surface area contributed by atoms with Crippen LogP contribution in [0.15, 0.2) is 57.8 Å². The number of nitrogens with one attached hydrogen (secondary N) is 1. The number of amides is 1. The van der Waals surface area contributed by atoms with E-state index in [2.05, 4.69) is 5.32 Å². The molecule has 0 unspecified atom stereocenters. The highest BCUT2D eigenvalue weighted by atomic mass is 32.2. The van der Waals surface area contributed by atoms with E-state index in [1.54, 1.807) is 56.5 Å². The van der Waals surface area contributed by atoms with Gasteiger partial charge in [-0.15, -0.1) is 11.8 Å². The fourth-order valence-corrected chi connectivity index (χ4v) is 3.94. The van der Waals surface area contributed by atoms with E-state index in [1.165, 1.54) is 11.8 Å². The van der Waals surface area contributed by atoms with Crippen molar-refractivity contribution in [2.24, 2.45) is 0 Å². The zero-order valence-corrected chi connectivity index (χ0v) is 19.2. The van der Waals surface area contributed by atoms with Crippen LogP contribution in [0.25, 0.3) is 11.0 Å². The number of thioether (sulfide) groups is 1. The van der Waals surface area contributed by atoms with Gasteiger partial charge in [0.25, 0.3) is 0 Å². The van der Waals surface area contributed by atoms with E-state index in [9.17, 15) is 14.4 Å². The molecule has 2 aromatic carbocycles. The molecule has 1 heterocycles. The van der Waals surface area contributed by atoms with Crippen molar-refractivity contribution in [2.45, 2.75) is 18.4 Å². The molecular weight excluding hydrogens is 446 g/mol. The molecule has 0 radical (unpaired) electrons. The Hall–Kier alpha value is -3.30. The number of esters is 2. The topological polar surface area (TPSA) is 104 Å². The van der Waals surface area contributed by atoms with E-state index >= 15 is 0 Å². The average Bonchev–Trinajstić information content (AvgIpc) is 3.20. The number of fused-ring (bicyclic) bond motifs is 1. The van der Waals surface area contributed by atoms with Crippen molar-refractivity contribution in [1.29, 1.82) is 0 Å². The summed E-state index contributed by atoms with van der Waals surface area (Å²) in [4.78, 5) is 37.8. The maximum atomic E-state index is 12.9. The largest absolute Gasteiger partial charge is 0.460 e. The minimum Gasteiger partial charge on any atom is -0.460 e. The third kappa shape index (κ3) is 6.36. The molecule has 8 nitrogen and oxygen atoms in total. The first kappa shape index (κ1) is 24.3. The molecule has 0 bridgehead atoms. The second kappa shape index (κ2) is 12.1. The van der Waals surface area contributed by atoms with E-state index < -0.39 is 11.9 Å². The van der Waals surface area contributed by atoms with Crippen LogP contribution in [0.5, 0.6) is 0 Å². The lowest BCUT2D eigenvalue weighted by Crippen LogP contribution is -2.28. The van der Waals surface area contributed by atoms with Gasteiger partial charge >= 0.3 is 11.9 Å². The van der Waals surface area contributed by atoms with Gasteiger partial charge in [-0.2, -0.15) is 0 Å². The molecule has 33 heavy (non-hydrogen) atoms. The molecule has 9 heteroatoms. The smallest absolute Gasteiger partial charge is 0.374 e. The first-order valence-corrected chi connectivity index (χ1v) is 11.4. The van der Waals surface area contributed by atoms with Gasteiger partial charge in [0.2, 0.25) is 11.7 Å². The highest BCUT2D eigenvalue weighted by molar-refractivity contribution is 8.00. The second-order valence-corrected chi connectivity index (χ2v) is 7.85. The monoisotopic (exact) mass is 471 g/mol. The van der Waals surface area contributed by atoms with Crippen LogP contribution in [0.3, 0.4) is 0 Å². The van der Waals surface area contributed by atoms with Gasteiger partial charge in [0, 0.05) is 23.9 Å². The lowest BCUT2D eigenvalue weighted by molar-refractivity contribution is -0.118. The molecule has 0 saturated heterocycles. The third-order valence-corrected chi connectivity index (χ3v) is 5.67.